The second-order valence-corrected chi connectivity index (χ2v) is 12.2. The van der Waals surface area contributed by atoms with E-state index in [1.54, 1.807) is 0 Å². The fourth-order valence-corrected chi connectivity index (χ4v) is 5.74. The number of fused-ring (bicyclic) bond motifs is 2. The molecule has 0 atom stereocenters. The van der Waals surface area contributed by atoms with Gasteiger partial charge in [0.05, 0.1) is 41.0 Å². The number of carbonyl (C=O) groups excluding carboxylic acids is 1. The molecule has 3 aromatic carbocycles. The summed E-state index contributed by atoms with van der Waals surface area (Å²) in [6.45, 7) is 5.35. The topological polar surface area (TPSA) is 178 Å². The first-order valence-electron chi connectivity index (χ1n) is 16.4. The van der Waals surface area contributed by atoms with Crippen LogP contribution in [0.25, 0.3) is 44.8 Å². The average Bonchev–Trinajstić information content (AvgIpc) is 3.73. The number of hydrogen-bond acceptors (Lipinski definition) is 10. The minimum Gasteiger partial charge on any atom is -0.494 e. The molecule has 48 heavy (non-hydrogen) atoms. The Kier molecular flexibility index (Phi) is 10.4. The number of aliphatic hydroxyl groups excluding tert-OH is 1. The molecule has 0 bridgehead atoms. The standard InChI is InChI=1S/C35H44N10O3/c1-43-14-16-44(17-15-43)27-9-11-30-32(21-27)42-35(40-30)25-8-10-29-31(20-25)41-34(39-29)24-5-2-6-28(19-24)48-18-3-7-33(47)38-12-4-13-45(37)22-26(36)23-46/h2,5-6,8-11,19-22,46H,3-4,7,12-18,23,36-37H2,1H3,(H,38,47)(H,39,41)(H,40,42)/b26-22-. The summed E-state index contributed by atoms with van der Waals surface area (Å²) in [5.74, 6) is 8.02. The normalized spacial score (nSPS) is 14.1. The molecule has 1 amide bonds. The molecule has 2 aromatic heterocycles. The highest BCUT2D eigenvalue weighted by Crippen LogP contribution is 2.29. The molecule has 0 aliphatic carbocycles. The molecule has 6 rings (SSSR count). The summed E-state index contributed by atoms with van der Waals surface area (Å²) in [5, 5.41) is 13.2. The zero-order valence-electron chi connectivity index (χ0n) is 27.3. The lowest BCUT2D eigenvalue weighted by Gasteiger charge is -2.34. The molecule has 13 nitrogen and oxygen atoms in total. The van der Waals surface area contributed by atoms with Crippen LogP contribution in [0, 0.1) is 0 Å². The predicted octanol–water partition coefficient (Wildman–Crippen LogP) is 3.16. The zero-order chi connectivity index (χ0) is 33.5. The number of aromatic amines is 2. The number of ether oxygens (including phenoxy) is 1. The number of nitrogens with two attached hydrogens (primary N) is 2. The van der Waals surface area contributed by atoms with Crippen molar-refractivity contribution in [1.29, 1.82) is 0 Å². The van der Waals surface area contributed by atoms with Crippen LogP contribution in [0.5, 0.6) is 5.75 Å². The van der Waals surface area contributed by atoms with Crippen molar-refractivity contribution in [1.82, 2.24) is 35.2 Å². The molecule has 3 heterocycles. The van der Waals surface area contributed by atoms with Crippen LogP contribution in [0.4, 0.5) is 5.69 Å². The lowest BCUT2D eigenvalue weighted by atomic mass is 10.2. The number of carbonyl (C=O) groups is 1. The summed E-state index contributed by atoms with van der Waals surface area (Å²) in [6.07, 6.45) is 3.08. The first-order valence-corrected chi connectivity index (χ1v) is 16.4. The number of benzene rings is 3. The number of amides is 1. The van der Waals surface area contributed by atoms with E-state index in [4.69, 9.17) is 31.4 Å². The van der Waals surface area contributed by atoms with Crippen LogP contribution in [-0.4, -0.2) is 100 Å². The van der Waals surface area contributed by atoms with Gasteiger partial charge in [-0.15, -0.1) is 0 Å². The van der Waals surface area contributed by atoms with Crippen molar-refractivity contribution in [3.8, 4) is 28.5 Å². The second kappa shape index (κ2) is 15.2. The number of nitrogens with one attached hydrogen (secondary N) is 3. The third-order valence-corrected chi connectivity index (χ3v) is 8.44. The second-order valence-electron chi connectivity index (χ2n) is 12.2. The molecule has 1 fully saturated rings. The van der Waals surface area contributed by atoms with Crippen LogP contribution in [0.15, 0.2) is 72.6 Å². The van der Waals surface area contributed by atoms with Crippen molar-refractivity contribution in [3.63, 3.8) is 0 Å². The number of anilines is 1. The Morgan fingerprint density at radius 3 is 2.44 bits per heavy atom. The van der Waals surface area contributed by atoms with Gasteiger partial charge in [-0.2, -0.15) is 0 Å². The van der Waals surface area contributed by atoms with Gasteiger partial charge in [-0.05, 0) is 68.4 Å². The van der Waals surface area contributed by atoms with Crippen molar-refractivity contribution < 1.29 is 14.6 Å². The highest BCUT2D eigenvalue weighted by molar-refractivity contribution is 5.87. The van der Waals surface area contributed by atoms with Crippen molar-refractivity contribution >= 4 is 33.7 Å². The summed E-state index contributed by atoms with van der Waals surface area (Å²) in [6, 6.07) is 20.4. The van der Waals surface area contributed by atoms with Crippen LogP contribution in [0.2, 0.25) is 0 Å². The molecular weight excluding hydrogens is 608 g/mol. The number of nitrogens with zero attached hydrogens (tertiary/aromatic N) is 5. The van der Waals surface area contributed by atoms with E-state index >= 15 is 0 Å². The van der Waals surface area contributed by atoms with Gasteiger partial charge in [0, 0.05) is 68.7 Å². The number of rotatable bonds is 14. The lowest BCUT2D eigenvalue weighted by Crippen LogP contribution is -2.44. The third kappa shape index (κ3) is 8.23. The molecule has 0 saturated carbocycles. The lowest BCUT2D eigenvalue weighted by molar-refractivity contribution is -0.121. The summed E-state index contributed by atoms with van der Waals surface area (Å²) in [7, 11) is 2.17. The molecule has 252 valence electrons. The van der Waals surface area contributed by atoms with Crippen LogP contribution in [0.3, 0.4) is 0 Å². The van der Waals surface area contributed by atoms with Gasteiger partial charge in [-0.3, -0.25) is 4.79 Å². The minimum atomic E-state index is -0.249. The first kappa shape index (κ1) is 32.8. The van der Waals surface area contributed by atoms with Crippen LogP contribution < -0.4 is 26.5 Å². The summed E-state index contributed by atoms with van der Waals surface area (Å²) in [5.41, 5.74) is 12.7. The van der Waals surface area contributed by atoms with Crippen molar-refractivity contribution in [2.45, 2.75) is 19.3 Å². The maximum absolute atomic E-state index is 12.2. The van der Waals surface area contributed by atoms with Gasteiger partial charge in [-0.1, -0.05) is 12.1 Å². The Morgan fingerprint density at radius 2 is 1.69 bits per heavy atom. The summed E-state index contributed by atoms with van der Waals surface area (Å²) >= 11 is 0. The highest BCUT2D eigenvalue weighted by Gasteiger charge is 2.16. The minimum absolute atomic E-state index is 0.0407. The fraction of sp³-hybridized carbons (Fsp3) is 0.343. The Balaban J connectivity index is 1.02. The van der Waals surface area contributed by atoms with Gasteiger partial charge in [-0.25, -0.2) is 15.8 Å². The Hall–Kier alpha value is -5.11. The summed E-state index contributed by atoms with van der Waals surface area (Å²) in [4.78, 5) is 33.7. The maximum atomic E-state index is 12.2. The number of hydrazine groups is 1. The molecule has 13 heteroatoms. The van der Waals surface area contributed by atoms with E-state index in [0.717, 1.165) is 71.0 Å². The largest absolute Gasteiger partial charge is 0.494 e. The predicted molar refractivity (Wildman–Crippen MR) is 189 cm³/mol. The van der Waals surface area contributed by atoms with Gasteiger partial charge >= 0.3 is 0 Å². The number of imidazole rings is 2. The molecule has 8 N–H and O–H groups in total. The van der Waals surface area contributed by atoms with Gasteiger partial charge in [0.15, 0.2) is 0 Å². The average molecular weight is 653 g/mol. The van der Waals surface area contributed by atoms with Crippen molar-refractivity contribution in [2.24, 2.45) is 11.6 Å². The molecule has 1 aliphatic heterocycles. The van der Waals surface area contributed by atoms with Gasteiger partial charge in [0.1, 0.15) is 17.4 Å². The van der Waals surface area contributed by atoms with Crippen molar-refractivity contribution in [2.75, 3.05) is 64.4 Å². The van der Waals surface area contributed by atoms with E-state index in [1.165, 1.54) is 16.9 Å². The molecule has 1 saturated heterocycles. The number of aromatic nitrogens is 4. The van der Waals surface area contributed by atoms with Crippen LogP contribution in [0.1, 0.15) is 19.3 Å². The monoisotopic (exact) mass is 652 g/mol. The van der Waals surface area contributed by atoms with Gasteiger partial charge in [0.25, 0.3) is 0 Å². The Morgan fingerprint density at radius 1 is 0.979 bits per heavy atom. The highest BCUT2D eigenvalue weighted by atomic mass is 16.5. The van der Waals surface area contributed by atoms with Crippen molar-refractivity contribution in [3.05, 3.63) is 72.6 Å². The molecular formula is C35H44N10O3. The number of piperazine rings is 1. The zero-order valence-corrected chi connectivity index (χ0v) is 27.3. The Labute approximate surface area is 279 Å². The third-order valence-electron chi connectivity index (χ3n) is 8.44. The number of hydrogen-bond donors (Lipinski definition) is 6. The Bertz CT molecular complexity index is 1880. The van der Waals surface area contributed by atoms with Crippen LogP contribution >= 0.6 is 0 Å². The maximum Gasteiger partial charge on any atom is 0.220 e. The van der Waals surface area contributed by atoms with E-state index in [0.29, 0.717) is 44.7 Å². The number of aliphatic hydroxyl groups is 1. The number of H-pyrrole nitrogens is 2. The van der Waals surface area contributed by atoms with E-state index < -0.39 is 0 Å². The molecule has 0 spiro atoms. The fourth-order valence-electron chi connectivity index (χ4n) is 5.74. The summed E-state index contributed by atoms with van der Waals surface area (Å²) < 4.78 is 5.95. The molecule has 0 radical (unpaired) electrons. The first-order chi connectivity index (χ1) is 23.3. The van der Waals surface area contributed by atoms with E-state index in [1.807, 2.05) is 36.4 Å². The van der Waals surface area contributed by atoms with E-state index in [9.17, 15) is 4.79 Å². The molecule has 5 aromatic rings. The molecule has 0 unspecified atom stereocenters. The SMILES string of the molecule is CN1CCN(c2ccc3nc(-c4ccc5nc(-c6cccc(OCCCC(=O)NCCCN(N)/C=C(\N)CO)c6)[nH]c5c4)[nH]c3c2)CC1. The molecule has 1 aliphatic rings. The smallest absolute Gasteiger partial charge is 0.220 e. The van der Waals surface area contributed by atoms with Gasteiger partial charge in [0.2, 0.25) is 5.91 Å². The van der Waals surface area contributed by atoms with Crippen LogP contribution in [-0.2, 0) is 4.79 Å². The number of likely N-dealkylation sites (N-methyl/N-ethyl adjacent to an activating group) is 1. The quantitative estimate of drug-likeness (QED) is 0.0593. The van der Waals surface area contributed by atoms with E-state index in [-0.39, 0.29) is 18.2 Å². The van der Waals surface area contributed by atoms with Gasteiger partial charge < -0.3 is 45.7 Å². The van der Waals surface area contributed by atoms with E-state index in [2.05, 4.69) is 56.4 Å².